The first-order valence-electron chi connectivity index (χ1n) is 15.1. The van der Waals surface area contributed by atoms with Crippen LogP contribution in [0.15, 0.2) is 91.0 Å². The molecule has 5 rings (SSSR count). The van der Waals surface area contributed by atoms with E-state index in [1.165, 1.54) is 24.0 Å². The number of hydrogen-bond acceptors (Lipinski definition) is 4. The van der Waals surface area contributed by atoms with Gasteiger partial charge in [-0.05, 0) is 73.7 Å². The lowest BCUT2D eigenvalue weighted by Crippen LogP contribution is -2.50. The van der Waals surface area contributed by atoms with Crippen LogP contribution < -0.4 is 10.6 Å². The Morgan fingerprint density at radius 1 is 0.929 bits per heavy atom. The smallest absolute Gasteiger partial charge is 0.244 e. The molecule has 6 nitrogen and oxygen atoms in total. The zero-order valence-corrected chi connectivity index (χ0v) is 24.9. The van der Waals surface area contributed by atoms with E-state index in [2.05, 4.69) is 69.0 Å². The molecule has 0 aromatic heterocycles. The molecule has 0 saturated carbocycles. The maximum atomic E-state index is 14.1. The van der Waals surface area contributed by atoms with Gasteiger partial charge in [0.15, 0.2) is 0 Å². The summed E-state index contributed by atoms with van der Waals surface area (Å²) in [6.07, 6.45) is 7.32. The Labute approximate surface area is 254 Å². The summed E-state index contributed by atoms with van der Waals surface area (Å²) >= 11 is 5.96. The molecule has 0 unspecified atom stereocenters. The zero-order valence-electron chi connectivity index (χ0n) is 24.1. The number of nitrogens with zero attached hydrogens (tertiary/aromatic N) is 2. The van der Waals surface area contributed by atoms with Crippen molar-refractivity contribution in [1.29, 1.82) is 0 Å². The van der Waals surface area contributed by atoms with E-state index < -0.39 is 0 Å². The van der Waals surface area contributed by atoms with E-state index in [0.717, 1.165) is 38.0 Å². The van der Waals surface area contributed by atoms with Crippen molar-refractivity contribution >= 4 is 29.5 Å². The standard InChI is InChI=1S/C35H41ClN4O2/c36-30-16-13-27(14-17-30)15-18-34(41)37-25-31-19-24-40(35(42)33(38-31)20-23-39-21-7-8-22-39)26-32(28-9-3-1-4-10-28)29-11-5-2-6-12-29/h1-6,9-18,31-33,38H,7-8,19-26H2,(H,37,41)/t31-,33-/m0/s1. The van der Waals surface area contributed by atoms with Crippen LogP contribution in [-0.2, 0) is 9.59 Å². The topological polar surface area (TPSA) is 64.7 Å². The number of likely N-dealkylation sites (tertiary alicyclic amines) is 1. The van der Waals surface area contributed by atoms with Crippen molar-refractivity contribution in [3.8, 4) is 0 Å². The minimum atomic E-state index is -0.285. The van der Waals surface area contributed by atoms with E-state index in [0.29, 0.717) is 24.7 Å². The number of carbonyl (C=O) groups excluding carboxylic acids is 2. The first kappa shape index (κ1) is 30.0. The van der Waals surface area contributed by atoms with E-state index in [4.69, 9.17) is 11.6 Å². The molecule has 2 saturated heterocycles. The highest BCUT2D eigenvalue weighted by Crippen LogP contribution is 2.27. The van der Waals surface area contributed by atoms with Gasteiger partial charge < -0.3 is 20.4 Å². The Morgan fingerprint density at radius 2 is 1.57 bits per heavy atom. The SMILES string of the molecule is O=C(C=Cc1ccc(Cl)cc1)NC[C@@H]1CCN(CC(c2ccccc2)c2ccccc2)C(=O)[C@H](CCN2CCCC2)N1. The second-order valence-electron chi connectivity index (χ2n) is 11.3. The molecule has 2 fully saturated rings. The summed E-state index contributed by atoms with van der Waals surface area (Å²) in [4.78, 5) is 31.2. The van der Waals surface area contributed by atoms with Gasteiger partial charge >= 0.3 is 0 Å². The molecular weight excluding hydrogens is 544 g/mol. The summed E-state index contributed by atoms with van der Waals surface area (Å²) in [6.45, 7) is 4.84. The molecule has 2 aliphatic rings. The normalized spacial score (nSPS) is 19.9. The van der Waals surface area contributed by atoms with Gasteiger partial charge in [-0.3, -0.25) is 9.59 Å². The van der Waals surface area contributed by atoms with Gasteiger partial charge in [-0.2, -0.15) is 0 Å². The van der Waals surface area contributed by atoms with E-state index in [9.17, 15) is 9.59 Å². The average molecular weight is 585 g/mol. The van der Waals surface area contributed by atoms with Crippen molar-refractivity contribution < 1.29 is 9.59 Å². The monoisotopic (exact) mass is 584 g/mol. The summed E-state index contributed by atoms with van der Waals surface area (Å²) < 4.78 is 0. The molecule has 0 aliphatic carbocycles. The highest BCUT2D eigenvalue weighted by atomic mass is 35.5. The predicted molar refractivity (Wildman–Crippen MR) is 170 cm³/mol. The minimum absolute atomic E-state index is 0.00214. The van der Waals surface area contributed by atoms with Crippen LogP contribution in [0.3, 0.4) is 0 Å². The van der Waals surface area contributed by atoms with Gasteiger partial charge in [-0.25, -0.2) is 0 Å². The van der Waals surface area contributed by atoms with Crippen molar-refractivity contribution in [1.82, 2.24) is 20.4 Å². The Balaban J connectivity index is 1.27. The summed E-state index contributed by atoms with van der Waals surface area (Å²) in [6, 6.07) is 28.0. The Bertz CT molecular complexity index is 1270. The number of carbonyl (C=O) groups is 2. The van der Waals surface area contributed by atoms with Gasteiger partial charge in [-0.1, -0.05) is 84.4 Å². The first-order valence-corrected chi connectivity index (χ1v) is 15.5. The van der Waals surface area contributed by atoms with Crippen LogP contribution in [0.4, 0.5) is 0 Å². The van der Waals surface area contributed by atoms with E-state index in [1.54, 1.807) is 24.3 Å². The lowest BCUT2D eigenvalue weighted by Gasteiger charge is -2.30. The van der Waals surface area contributed by atoms with Gasteiger partial charge in [-0.15, -0.1) is 0 Å². The number of benzene rings is 3. The first-order chi connectivity index (χ1) is 20.5. The lowest BCUT2D eigenvalue weighted by atomic mass is 9.90. The molecule has 2 heterocycles. The largest absolute Gasteiger partial charge is 0.351 e. The maximum Gasteiger partial charge on any atom is 0.244 e. The summed E-state index contributed by atoms with van der Waals surface area (Å²) in [5.74, 6) is 0.0911. The molecule has 2 amide bonds. The molecule has 42 heavy (non-hydrogen) atoms. The van der Waals surface area contributed by atoms with Crippen LogP contribution in [0.1, 0.15) is 48.3 Å². The van der Waals surface area contributed by atoms with E-state index >= 15 is 0 Å². The number of nitrogens with one attached hydrogen (secondary N) is 2. The molecule has 3 aromatic carbocycles. The van der Waals surface area contributed by atoms with Crippen LogP contribution in [0.25, 0.3) is 6.08 Å². The van der Waals surface area contributed by atoms with Crippen molar-refractivity contribution in [2.24, 2.45) is 0 Å². The van der Waals surface area contributed by atoms with E-state index in [-0.39, 0.29) is 29.8 Å². The Morgan fingerprint density at radius 3 is 2.21 bits per heavy atom. The van der Waals surface area contributed by atoms with Crippen LogP contribution in [0.2, 0.25) is 5.02 Å². The summed E-state index contributed by atoms with van der Waals surface area (Å²) in [7, 11) is 0. The highest BCUT2D eigenvalue weighted by molar-refractivity contribution is 6.30. The molecule has 220 valence electrons. The van der Waals surface area contributed by atoms with Crippen LogP contribution in [0, 0.1) is 0 Å². The maximum absolute atomic E-state index is 14.1. The fourth-order valence-corrected chi connectivity index (χ4v) is 6.10. The molecule has 2 aliphatic heterocycles. The number of halogens is 1. The fourth-order valence-electron chi connectivity index (χ4n) is 5.97. The predicted octanol–water partition coefficient (Wildman–Crippen LogP) is 5.35. The fraction of sp³-hybridized carbons (Fsp3) is 0.371. The zero-order chi connectivity index (χ0) is 29.1. The number of amides is 2. The summed E-state index contributed by atoms with van der Waals surface area (Å²) in [5.41, 5.74) is 3.33. The number of rotatable bonds is 11. The quantitative estimate of drug-likeness (QED) is 0.298. The van der Waals surface area contributed by atoms with E-state index in [1.807, 2.05) is 24.3 Å². The van der Waals surface area contributed by atoms with Gasteiger partial charge in [0.1, 0.15) is 0 Å². The molecule has 2 N–H and O–H groups in total. The average Bonchev–Trinajstić information content (AvgIpc) is 3.50. The second kappa shape index (κ2) is 15.1. The highest BCUT2D eigenvalue weighted by Gasteiger charge is 2.33. The van der Waals surface area contributed by atoms with Crippen LogP contribution >= 0.6 is 11.6 Å². The van der Waals surface area contributed by atoms with Crippen LogP contribution in [-0.4, -0.2) is 73.0 Å². The molecule has 0 radical (unpaired) electrons. The van der Waals surface area contributed by atoms with Gasteiger partial charge in [0.05, 0.1) is 6.04 Å². The second-order valence-corrected chi connectivity index (χ2v) is 11.8. The molecule has 7 heteroatoms. The molecule has 2 atom stereocenters. The Kier molecular flexibility index (Phi) is 10.8. The van der Waals surface area contributed by atoms with Gasteiger partial charge in [0.2, 0.25) is 11.8 Å². The third-order valence-electron chi connectivity index (χ3n) is 8.35. The van der Waals surface area contributed by atoms with Gasteiger partial charge in [0, 0.05) is 49.2 Å². The van der Waals surface area contributed by atoms with Crippen molar-refractivity contribution in [2.45, 2.75) is 43.7 Å². The summed E-state index contributed by atoms with van der Waals surface area (Å²) in [5, 5.41) is 7.35. The third-order valence-corrected chi connectivity index (χ3v) is 8.61. The van der Waals surface area contributed by atoms with Crippen molar-refractivity contribution in [2.75, 3.05) is 39.3 Å². The third kappa shape index (κ3) is 8.54. The molecule has 0 spiro atoms. The molecule has 0 bridgehead atoms. The van der Waals surface area contributed by atoms with Crippen molar-refractivity contribution in [3.63, 3.8) is 0 Å². The van der Waals surface area contributed by atoms with Crippen LogP contribution in [0.5, 0.6) is 0 Å². The number of hydrogen-bond donors (Lipinski definition) is 2. The minimum Gasteiger partial charge on any atom is -0.351 e. The lowest BCUT2D eigenvalue weighted by molar-refractivity contribution is -0.133. The molecular formula is C35H41ClN4O2. The van der Waals surface area contributed by atoms with Gasteiger partial charge in [0.25, 0.3) is 0 Å². The van der Waals surface area contributed by atoms with Crippen molar-refractivity contribution in [3.05, 3.63) is 113 Å². The molecule has 3 aromatic rings. The Hall–Kier alpha value is -3.45.